The Bertz CT molecular complexity index is 1120. The largest absolute Gasteiger partial charge is 0.504 e. The molecule has 0 unspecified atom stereocenters. The lowest BCUT2D eigenvalue weighted by atomic mass is 10.2. The topological polar surface area (TPSA) is 59.1 Å². The minimum atomic E-state index is 0.109. The van der Waals surface area contributed by atoms with Gasteiger partial charge in [0, 0.05) is 15.4 Å². The number of ether oxygens (including phenoxy) is 1. The third-order valence-corrected chi connectivity index (χ3v) is 5.47. The molecule has 3 aromatic rings. The van der Waals surface area contributed by atoms with Crippen LogP contribution in [0.4, 0.5) is 0 Å². The van der Waals surface area contributed by atoms with Crippen molar-refractivity contribution in [2.24, 2.45) is 10.1 Å². The average molecular weight is 472 g/mol. The molecule has 1 heterocycles. The van der Waals surface area contributed by atoms with Gasteiger partial charge in [-0.15, -0.1) is 11.3 Å². The molecular weight excluding hydrogens is 450 g/mol. The van der Waals surface area contributed by atoms with Crippen molar-refractivity contribution in [3.63, 3.8) is 0 Å². The first-order valence-electron chi connectivity index (χ1n) is 9.10. The van der Waals surface area contributed by atoms with Crippen LogP contribution in [0, 0.1) is 0 Å². The van der Waals surface area contributed by atoms with Gasteiger partial charge < -0.3 is 9.84 Å². The summed E-state index contributed by atoms with van der Waals surface area (Å²) in [5.41, 5.74) is 3.76. The van der Waals surface area contributed by atoms with Crippen LogP contribution in [-0.4, -0.2) is 29.1 Å². The van der Waals surface area contributed by atoms with Crippen LogP contribution in [0.5, 0.6) is 11.5 Å². The van der Waals surface area contributed by atoms with Crippen molar-refractivity contribution in [3.8, 4) is 22.8 Å². The van der Waals surface area contributed by atoms with Crippen molar-refractivity contribution in [1.29, 1.82) is 0 Å². The van der Waals surface area contributed by atoms with Crippen LogP contribution in [-0.2, 0) is 0 Å². The van der Waals surface area contributed by atoms with Crippen LogP contribution in [0.25, 0.3) is 11.3 Å². The molecule has 1 aromatic heterocycles. The zero-order valence-corrected chi connectivity index (χ0v) is 18.7. The Kier molecular flexibility index (Phi) is 7.06. The molecule has 5 nitrogen and oxygen atoms in total. The highest BCUT2D eigenvalue weighted by molar-refractivity contribution is 9.10. The molecule has 7 heteroatoms. The fourth-order valence-electron chi connectivity index (χ4n) is 2.58. The predicted molar refractivity (Wildman–Crippen MR) is 123 cm³/mol. The Hall–Kier alpha value is -2.64. The van der Waals surface area contributed by atoms with E-state index in [9.17, 15) is 5.11 Å². The third-order valence-electron chi connectivity index (χ3n) is 3.93. The van der Waals surface area contributed by atoms with E-state index in [-0.39, 0.29) is 5.75 Å². The number of phenolic OH excluding ortho intramolecular Hbond substituents is 1. The Balaban J connectivity index is 2.07. The molecule has 1 N–H and O–H groups in total. The molecule has 3 rings (SSSR count). The number of aromatic hydroxyl groups is 1. The van der Waals surface area contributed by atoms with Gasteiger partial charge in [0.05, 0.1) is 25.1 Å². The first-order valence-corrected chi connectivity index (χ1v) is 10.8. The van der Waals surface area contributed by atoms with Crippen LogP contribution in [0.2, 0.25) is 0 Å². The van der Waals surface area contributed by atoms with Gasteiger partial charge in [-0.25, -0.2) is 4.68 Å². The number of aromatic nitrogens is 1. The number of phenols is 1. The Labute approximate surface area is 182 Å². The second kappa shape index (κ2) is 9.71. The molecule has 29 heavy (non-hydrogen) atoms. The van der Waals surface area contributed by atoms with Gasteiger partial charge in [-0.05, 0) is 43.7 Å². The smallest absolute Gasteiger partial charge is 0.206 e. The number of benzene rings is 2. The molecule has 0 spiro atoms. The van der Waals surface area contributed by atoms with E-state index in [1.807, 2.05) is 48.2 Å². The van der Waals surface area contributed by atoms with E-state index in [2.05, 4.69) is 32.6 Å². The molecule has 0 aliphatic rings. The van der Waals surface area contributed by atoms with Crippen molar-refractivity contribution in [2.75, 3.05) is 13.2 Å². The van der Waals surface area contributed by atoms with E-state index in [0.717, 1.165) is 31.7 Å². The maximum atomic E-state index is 9.91. The number of nitrogens with zero attached hydrogens (tertiary/aromatic N) is 3. The SMILES string of the molecule is C=C(C)CN=c1scc(-c2ccccc2Br)n1N=Cc1ccc(O)c(OCC)c1. The van der Waals surface area contributed by atoms with E-state index in [4.69, 9.17) is 4.74 Å². The van der Waals surface area contributed by atoms with E-state index in [1.54, 1.807) is 24.4 Å². The van der Waals surface area contributed by atoms with Crippen molar-refractivity contribution in [2.45, 2.75) is 13.8 Å². The minimum Gasteiger partial charge on any atom is -0.504 e. The standard InChI is InChI=1S/C22H22BrN3O2S/c1-4-28-21-11-16(9-10-20(21)27)13-25-26-19(17-7-5-6-8-18(17)23)14-29-22(26)24-12-15(2)3/h5-11,13-14,27H,2,4,12H2,1,3H3. The van der Waals surface area contributed by atoms with E-state index < -0.39 is 0 Å². The summed E-state index contributed by atoms with van der Waals surface area (Å²) in [6.07, 6.45) is 1.73. The summed E-state index contributed by atoms with van der Waals surface area (Å²) in [6.45, 7) is 8.77. The molecule has 0 fully saturated rings. The van der Waals surface area contributed by atoms with Gasteiger partial charge in [0.15, 0.2) is 11.5 Å². The zero-order chi connectivity index (χ0) is 20.8. The summed E-state index contributed by atoms with van der Waals surface area (Å²) in [4.78, 5) is 5.42. The Morgan fingerprint density at radius 3 is 2.83 bits per heavy atom. The number of hydrogen-bond acceptors (Lipinski definition) is 5. The van der Waals surface area contributed by atoms with Crippen LogP contribution in [0.15, 0.2) is 74.6 Å². The minimum absolute atomic E-state index is 0.109. The summed E-state index contributed by atoms with van der Waals surface area (Å²) in [5.74, 6) is 0.545. The number of hydrogen-bond donors (Lipinski definition) is 1. The maximum Gasteiger partial charge on any atom is 0.206 e. The Morgan fingerprint density at radius 2 is 2.10 bits per heavy atom. The van der Waals surface area contributed by atoms with Crippen LogP contribution in [0.3, 0.4) is 0 Å². The molecule has 0 saturated carbocycles. The van der Waals surface area contributed by atoms with Gasteiger partial charge >= 0.3 is 0 Å². The third kappa shape index (κ3) is 5.25. The van der Waals surface area contributed by atoms with Gasteiger partial charge in [-0.1, -0.05) is 46.3 Å². The molecule has 0 amide bonds. The van der Waals surface area contributed by atoms with Gasteiger partial charge in [0.2, 0.25) is 4.80 Å². The summed E-state index contributed by atoms with van der Waals surface area (Å²) < 4.78 is 8.26. The lowest BCUT2D eigenvalue weighted by Crippen LogP contribution is -2.13. The van der Waals surface area contributed by atoms with Gasteiger partial charge in [-0.3, -0.25) is 4.99 Å². The fraction of sp³-hybridized carbons (Fsp3) is 0.182. The number of halogens is 1. The molecule has 0 aliphatic heterocycles. The second-order valence-corrected chi connectivity index (χ2v) is 8.06. The number of thiazole rings is 1. The zero-order valence-electron chi connectivity index (χ0n) is 16.3. The first kappa shape index (κ1) is 21.1. The second-order valence-electron chi connectivity index (χ2n) is 6.37. The van der Waals surface area contributed by atoms with Crippen molar-refractivity contribution < 1.29 is 9.84 Å². The van der Waals surface area contributed by atoms with Crippen LogP contribution >= 0.6 is 27.3 Å². The maximum absolute atomic E-state index is 9.91. The molecule has 0 aliphatic carbocycles. The highest BCUT2D eigenvalue weighted by atomic mass is 79.9. The molecule has 2 aromatic carbocycles. The fourth-order valence-corrected chi connectivity index (χ4v) is 3.90. The summed E-state index contributed by atoms with van der Waals surface area (Å²) in [5, 5.41) is 16.6. The molecule has 150 valence electrons. The summed E-state index contributed by atoms with van der Waals surface area (Å²) >= 11 is 5.15. The summed E-state index contributed by atoms with van der Waals surface area (Å²) in [6, 6.07) is 13.2. The van der Waals surface area contributed by atoms with Gasteiger partial charge in [0.25, 0.3) is 0 Å². The summed E-state index contributed by atoms with van der Waals surface area (Å²) in [7, 11) is 0. The van der Waals surface area contributed by atoms with Crippen molar-refractivity contribution in [3.05, 3.63) is 74.8 Å². The lowest BCUT2D eigenvalue weighted by Gasteiger charge is -2.07. The molecule has 0 radical (unpaired) electrons. The monoisotopic (exact) mass is 471 g/mol. The molecule has 0 bridgehead atoms. The highest BCUT2D eigenvalue weighted by Crippen LogP contribution is 2.29. The van der Waals surface area contributed by atoms with E-state index in [1.165, 1.54) is 11.3 Å². The first-order chi connectivity index (χ1) is 14.0. The molecular formula is C22H22BrN3O2S. The number of rotatable bonds is 7. The normalized spacial score (nSPS) is 11.9. The van der Waals surface area contributed by atoms with Gasteiger partial charge in [0.1, 0.15) is 0 Å². The molecule has 0 atom stereocenters. The van der Waals surface area contributed by atoms with Crippen molar-refractivity contribution >= 4 is 33.5 Å². The molecule has 0 saturated heterocycles. The average Bonchev–Trinajstić information content (AvgIpc) is 3.10. The Morgan fingerprint density at radius 1 is 1.31 bits per heavy atom. The van der Waals surface area contributed by atoms with Crippen LogP contribution in [0.1, 0.15) is 19.4 Å². The highest BCUT2D eigenvalue weighted by Gasteiger charge is 2.10. The predicted octanol–water partition coefficient (Wildman–Crippen LogP) is 5.44. The van der Waals surface area contributed by atoms with E-state index in [0.29, 0.717) is 18.9 Å². The van der Waals surface area contributed by atoms with E-state index >= 15 is 0 Å². The van der Waals surface area contributed by atoms with Crippen molar-refractivity contribution in [1.82, 2.24) is 4.68 Å². The van der Waals surface area contributed by atoms with Crippen LogP contribution < -0.4 is 9.54 Å². The van der Waals surface area contributed by atoms with Gasteiger partial charge in [-0.2, -0.15) is 5.10 Å². The lowest BCUT2D eigenvalue weighted by molar-refractivity contribution is 0.318. The quantitative estimate of drug-likeness (QED) is 0.368.